The molecule has 0 saturated carbocycles. The first-order valence-electron chi connectivity index (χ1n) is 7.51. The van der Waals surface area contributed by atoms with E-state index in [2.05, 4.69) is 30.9 Å². The van der Waals surface area contributed by atoms with Crippen molar-refractivity contribution in [1.82, 2.24) is 10.1 Å². The fraction of sp³-hybridized carbons (Fsp3) is 0.867. The zero-order valence-electron chi connectivity index (χ0n) is 13.1. The lowest BCUT2D eigenvalue weighted by Gasteiger charge is -2.30. The lowest BCUT2D eigenvalue weighted by molar-refractivity contribution is -0.0770. The van der Waals surface area contributed by atoms with Crippen LogP contribution in [0.5, 0.6) is 0 Å². The van der Waals surface area contributed by atoms with Crippen molar-refractivity contribution in [1.29, 1.82) is 0 Å². The van der Waals surface area contributed by atoms with Crippen LogP contribution in [0.15, 0.2) is 4.52 Å². The minimum absolute atomic E-state index is 0.0448. The normalized spacial score (nSPS) is 25.6. The summed E-state index contributed by atoms with van der Waals surface area (Å²) in [7, 11) is 0. The summed E-state index contributed by atoms with van der Waals surface area (Å²) in [5.74, 6) is 1.28. The number of nitrogens with two attached hydrogens (primary N) is 1. The molecular weight excluding hydrogens is 254 g/mol. The van der Waals surface area contributed by atoms with Crippen LogP contribution in [0.3, 0.4) is 0 Å². The van der Waals surface area contributed by atoms with Gasteiger partial charge in [0.25, 0.3) is 0 Å². The molecule has 2 atom stereocenters. The Kier molecular flexibility index (Phi) is 4.49. The van der Waals surface area contributed by atoms with Gasteiger partial charge in [-0.1, -0.05) is 25.9 Å². The molecule has 2 heterocycles. The van der Waals surface area contributed by atoms with E-state index in [-0.39, 0.29) is 11.5 Å². The van der Waals surface area contributed by atoms with E-state index in [1.54, 1.807) is 0 Å². The lowest BCUT2D eigenvalue weighted by Crippen LogP contribution is -2.31. The molecule has 0 bridgehead atoms. The number of nitrogens with zero attached hydrogens (tertiary/aromatic N) is 2. The second-order valence-electron chi connectivity index (χ2n) is 7.28. The van der Waals surface area contributed by atoms with Crippen molar-refractivity contribution in [2.45, 2.75) is 71.4 Å². The maximum absolute atomic E-state index is 6.15. The van der Waals surface area contributed by atoms with Crippen molar-refractivity contribution in [2.24, 2.45) is 11.1 Å². The predicted octanol–water partition coefficient (Wildman–Crippen LogP) is 2.79. The molecule has 0 aliphatic carbocycles. The Morgan fingerprint density at radius 3 is 2.70 bits per heavy atom. The third-order valence-electron chi connectivity index (χ3n) is 3.72. The fourth-order valence-corrected chi connectivity index (χ4v) is 2.75. The van der Waals surface area contributed by atoms with Gasteiger partial charge in [0.2, 0.25) is 11.7 Å². The number of aromatic nitrogens is 2. The molecular formula is C15H27N3O2. The zero-order chi connectivity index (χ0) is 14.8. The number of ether oxygens (including phenoxy) is 1. The van der Waals surface area contributed by atoms with Crippen LogP contribution in [0, 0.1) is 5.41 Å². The van der Waals surface area contributed by atoms with Crippen molar-refractivity contribution < 1.29 is 9.26 Å². The van der Waals surface area contributed by atoms with Crippen LogP contribution in [0.1, 0.15) is 65.1 Å². The third-order valence-corrected chi connectivity index (χ3v) is 3.72. The number of hydrogen-bond donors (Lipinski definition) is 1. The maximum Gasteiger partial charge on any atom is 0.228 e. The summed E-state index contributed by atoms with van der Waals surface area (Å²) in [5, 5.41) is 4.09. The molecule has 114 valence electrons. The van der Waals surface area contributed by atoms with Gasteiger partial charge in [-0.15, -0.1) is 0 Å². The molecule has 5 heteroatoms. The van der Waals surface area contributed by atoms with Crippen LogP contribution in [0.2, 0.25) is 0 Å². The van der Waals surface area contributed by atoms with E-state index >= 15 is 0 Å². The minimum atomic E-state index is -0.395. The van der Waals surface area contributed by atoms with Crippen LogP contribution in [0.25, 0.3) is 0 Å². The smallest absolute Gasteiger partial charge is 0.228 e. The Bertz CT molecular complexity index is 431. The van der Waals surface area contributed by atoms with Crippen LogP contribution in [-0.4, -0.2) is 22.8 Å². The second kappa shape index (κ2) is 5.82. The summed E-state index contributed by atoms with van der Waals surface area (Å²) in [6, 6.07) is 0.0448. The second-order valence-corrected chi connectivity index (χ2v) is 7.28. The molecule has 1 aliphatic heterocycles. The molecule has 0 amide bonds. The first-order valence-corrected chi connectivity index (χ1v) is 7.51. The lowest BCUT2D eigenvalue weighted by atomic mass is 9.87. The minimum Gasteiger partial charge on any atom is -0.367 e. The van der Waals surface area contributed by atoms with Gasteiger partial charge in [-0.3, -0.25) is 0 Å². The molecule has 20 heavy (non-hydrogen) atoms. The first-order chi connectivity index (χ1) is 9.28. The highest BCUT2D eigenvalue weighted by molar-refractivity contribution is 5.01. The van der Waals surface area contributed by atoms with Gasteiger partial charge in [0.15, 0.2) is 0 Å². The van der Waals surface area contributed by atoms with Gasteiger partial charge in [0, 0.05) is 19.1 Å². The molecule has 2 N–H and O–H groups in total. The van der Waals surface area contributed by atoms with Crippen LogP contribution >= 0.6 is 0 Å². The zero-order valence-corrected chi connectivity index (χ0v) is 13.1. The van der Waals surface area contributed by atoms with Gasteiger partial charge in [0.05, 0.1) is 0 Å². The Hall–Kier alpha value is -0.940. The predicted molar refractivity (Wildman–Crippen MR) is 77.2 cm³/mol. The first kappa shape index (κ1) is 15.4. The van der Waals surface area contributed by atoms with E-state index in [0.29, 0.717) is 18.1 Å². The SMILES string of the molecule is CC(C)(C)CC(N)Cc1nc(C2(C)CCCCO2)no1. The topological polar surface area (TPSA) is 74.2 Å². The summed E-state index contributed by atoms with van der Waals surface area (Å²) in [4.78, 5) is 4.49. The summed E-state index contributed by atoms with van der Waals surface area (Å²) < 4.78 is 11.2. The van der Waals surface area contributed by atoms with Crippen molar-refractivity contribution in [3.63, 3.8) is 0 Å². The van der Waals surface area contributed by atoms with E-state index in [0.717, 1.165) is 32.3 Å². The van der Waals surface area contributed by atoms with Gasteiger partial charge >= 0.3 is 0 Å². The summed E-state index contributed by atoms with van der Waals surface area (Å²) in [5.41, 5.74) is 5.97. The van der Waals surface area contributed by atoms with E-state index in [4.69, 9.17) is 15.0 Å². The molecule has 1 aromatic rings. The van der Waals surface area contributed by atoms with Crippen LogP contribution in [-0.2, 0) is 16.8 Å². The highest BCUT2D eigenvalue weighted by Gasteiger charge is 2.35. The molecule has 1 saturated heterocycles. The average molecular weight is 281 g/mol. The molecule has 0 aromatic carbocycles. The van der Waals surface area contributed by atoms with Crippen molar-refractivity contribution >= 4 is 0 Å². The van der Waals surface area contributed by atoms with Crippen molar-refractivity contribution in [2.75, 3.05) is 6.61 Å². The standard InChI is InChI=1S/C15H27N3O2/c1-14(2,3)10-11(16)9-12-17-13(18-20-12)15(4)7-5-6-8-19-15/h11H,5-10,16H2,1-4H3. The molecule has 0 spiro atoms. The molecule has 0 radical (unpaired) electrons. The van der Waals surface area contributed by atoms with Crippen LogP contribution < -0.4 is 5.73 Å². The largest absolute Gasteiger partial charge is 0.367 e. The van der Waals surface area contributed by atoms with Crippen molar-refractivity contribution in [3.8, 4) is 0 Å². The van der Waals surface area contributed by atoms with Gasteiger partial charge in [-0.2, -0.15) is 4.98 Å². The highest BCUT2D eigenvalue weighted by Crippen LogP contribution is 2.32. The monoisotopic (exact) mass is 281 g/mol. The number of hydrogen-bond acceptors (Lipinski definition) is 5. The van der Waals surface area contributed by atoms with E-state index < -0.39 is 5.60 Å². The van der Waals surface area contributed by atoms with E-state index in [1.807, 2.05) is 6.92 Å². The summed E-state index contributed by atoms with van der Waals surface area (Å²) in [6.07, 6.45) is 4.75. The number of rotatable bonds is 4. The average Bonchev–Trinajstić information content (AvgIpc) is 2.76. The van der Waals surface area contributed by atoms with E-state index in [1.165, 1.54) is 0 Å². The molecule has 1 fully saturated rings. The van der Waals surface area contributed by atoms with Gasteiger partial charge in [-0.05, 0) is 38.0 Å². The Balaban J connectivity index is 1.98. The maximum atomic E-state index is 6.15. The third kappa shape index (κ3) is 4.03. The van der Waals surface area contributed by atoms with Crippen LogP contribution in [0.4, 0.5) is 0 Å². The highest BCUT2D eigenvalue weighted by atomic mass is 16.5. The van der Waals surface area contributed by atoms with Gasteiger partial charge in [-0.25, -0.2) is 0 Å². The summed E-state index contributed by atoms with van der Waals surface area (Å²) >= 11 is 0. The molecule has 2 rings (SSSR count). The van der Waals surface area contributed by atoms with Crippen molar-refractivity contribution in [3.05, 3.63) is 11.7 Å². The molecule has 5 nitrogen and oxygen atoms in total. The quantitative estimate of drug-likeness (QED) is 0.918. The molecule has 2 unspecified atom stereocenters. The Morgan fingerprint density at radius 2 is 2.10 bits per heavy atom. The Morgan fingerprint density at radius 1 is 1.35 bits per heavy atom. The van der Waals surface area contributed by atoms with Gasteiger partial charge in [0.1, 0.15) is 5.60 Å². The summed E-state index contributed by atoms with van der Waals surface area (Å²) in [6.45, 7) is 9.36. The Labute approximate surface area is 121 Å². The van der Waals surface area contributed by atoms with E-state index in [9.17, 15) is 0 Å². The van der Waals surface area contributed by atoms with Gasteiger partial charge < -0.3 is 15.0 Å². The molecule has 1 aliphatic rings. The fourth-order valence-electron chi connectivity index (χ4n) is 2.75. The molecule has 1 aromatic heterocycles.